The van der Waals surface area contributed by atoms with Crippen LogP contribution >= 0.6 is 0 Å². The highest BCUT2D eigenvalue weighted by atomic mass is 16.4. The summed E-state index contributed by atoms with van der Waals surface area (Å²) in [6, 6.07) is 2.94. The lowest BCUT2D eigenvalue weighted by Gasteiger charge is -2.31. The average Bonchev–Trinajstić information content (AvgIpc) is 3.98. The van der Waals surface area contributed by atoms with E-state index in [1.54, 1.807) is 44.3 Å². The number of likely N-dealkylation sites (tertiary alicyclic amines) is 1. The van der Waals surface area contributed by atoms with Gasteiger partial charge in [0.15, 0.2) is 5.96 Å². The molecule has 0 unspecified atom stereocenters. The number of primary amides is 1. The molecule has 1 aliphatic heterocycles. The smallest absolute Gasteiger partial charge is 0.326 e. The van der Waals surface area contributed by atoms with E-state index in [1.807, 2.05) is 0 Å². The molecule has 2 heterocycles. The van der Waals surface area contributed by atoms with Crippen molar-refractivity contribution in [2.45, 2.75) is 120 Å². The van der Waals surface area contributed by atoms with E-state index in [0.29, 0.717) is 41.3 Å². The highest BCUT2D eigenvalue weighted by molar-refractivity contribution is 5.98. The first kappa shape index (κ1) is 54.8. The van der Waals surface area contributed by atoms with Gasteiger partial charge in [0.1, 0.15) is 42.0 Å². The Hall–Kier alpha value is -7.76. The molecule has 4 rings (SSSR count). The fourth-order valence-corrected chi connectivity index (χ4v) is 7.89. The Kier molecular flexibility index (Phi) is 20.5. The highest BCUT2D eigenvalue weighted by Crippen LogP contribution is 2.23. The number of benzene rings is 2. The minimum absolute atomic E-state index is 0.0598. The number of aliphatic carboxylic acids is 2. The third-order valence-electron chi connectivity index (χ3n) is 12.0. The maximum atomic E-state index is 14.5. The number of aromatic hydroxyl groups is 1. The molecule has 0 saturated carbocycles. The summed E-state index contributed by atoms with van der Waals surface area (Å²) >= 11 is 0. The van der Waals surface area contributed by atoms with Gasteiger partial charge in [-0.3, -0.25) is 43.3 Å². The summed E-state index contributed by atoms with van der Waals surface area (Å²) in [6.07, 6.45) is 0.738. The lowest BCUT2D eigenvalue weighted by atomic mass is 9.96. The maximum Gasteiger partial charge on any atom is 0.326 e. The molecule has 0 aliphatic carbocycles. The number of phenols is 1. The van der Waals surface area contributed by atoms with Crippen LogP contribution in [-0.4, -0.2) is 140 Å². The number of hydrogen-bond donors (Lipinski definition) is 13. The number of nitrogens with two attached hydrogens (primary N) is 4. The van der Waals surface area contributed by atoms with Crippen molar-refractivity contribution < 1.29 is 58.5 Å². The summed E-state index contributed by atoms with van der Waals surface area (Å²) in [5, 5.41) is 42.8. The SMILES string of the molecule is CC[C@H](C)[C@H](NC(=O)[C@H](CC(=O)O)NC(=O)[C@H](CCC(N)=O)NC(=O)[C@H](Cc1c[nH]c2ccccc12)NC(=O)[C@H](Cc1ccc(O)cc1)NC(=O)[C@@H](N)CCCN=C(N)N)C(=O)N1CCC[C@H]1C(=O)O. The van der Waals surface area contributed by atoms with E-state index < -0.39 is 121 Å². The first-order chi connectivity index (χ1) is 33.2. The third-order valence-corrected chi connectivity index (χ3v) is 12.0. The molecule has 1 fully saturated rings. The van der Waals surface area contributed by atoms with E-state index in [-0.39, 0.29) is 50.5 Å². The molecule has 3 aromatic rings. The number of carboxylic acids is 2. The number of aromatic nitrogens is 1. The Balaban J connectivity index is 1.64. The number of aromatic amines is 1. The van der Waals surface area contributed by atoms with Gasteiger partial charge in [0.05, 0.1) is 12.5 Å². The van der Waals surface area contributed by atoms with Gasteiger partial charge in [-0.05, 0) is 67.3 Å². The number of para-hydroxylation sites is 1. The molecule has 1 aromatic heterocycles. The lowest BCUT2D eigenvalue weighted by molar-refractivity contribution is -0.150. The van der Waals surface area contributed by atoms with E-state index in [9.17, 15) is 58.5 Å². The van der Waals surface area contributed by atoms with Gasteiger partial charge in [0, 0.05) is 49.5 Å². The molecule has 7 amide bonds. The molecule has 70 heavy (non-hydrogen) atoms. The van der Waals surface area contributed by atoms with Crippen molar-refractivity contribution in [2.24, 2.45) is 33.8 Å². The molecular weight excluding hydrogens is 913 g/mol. The van der Waals surface area contributed by atoms with Crippen LogP contribution < -0.4 is 49.5 Å². The topological polar surface area (TPSA) is 410 Å². The van der Waals surface area contributed by atoms with Gasteiger partial charge in [0.2, 0.25) is 41.4 Å². The largest absolute Gasteiger partial charge is 0.508 e. The van der Waals surface area contributed by atoms with Crippen LogP contribution in [0, 0.1) is 5.92 Å². The number of carbonyl (C=O) groups is 9. The second kappa shape index (κ2) is 26.1. The van der Waals surface area contributed by atoms with Gasteiger partial charge >= 0.3 is 11.9 Å². The van der Waals surface area contributed by atoms with Gasteiger partial charge in [0.25, 0.3) is 0 Å². The van der Waals surface area contributed by atoms with Gasteiger partial charge in [-0.1, -0.05) is 50.6 Å². The number of amides is 7. The number of hydrogen-bond acceptors (Lipinski definition) is 12. The normalized spacial score (nSPS) is 16.3. The summed E-state index contributed by atoms with van der Waals surface area (Å²) in [6.45, 7) is 3.67. The van der Waals surface area contributed by atoms with Crippen LogP contribution in [0.4, 0.5) is 0 Å². The zero-order chi connectivity index (χ0) is 51.7. The summed E-state index contributed by atoms with van der Waals surface area (Å²) in [5.74, 6) is -9.88. The Bertz CT molecular complexity index is 2390. The predicted molar refractivity (Wildman–Crippen MR) is 254 cm³/mol. The molecule has 8 atom stereocenters. The Morgan fingerprint density at radius 1 is 0.786 bits per heavy atom. The number of carboxylic acid groups (broad SMARTS) is 2. The van der Waals surface area contributed by atoms with Crippen molar-refractivity contribution in [1.82, 2.24) is 36.5 Å². The summed E-state index contributed by atoms with van der Waals surface area (Å²) in [5.41, 5.74) is 24.1. The number of phenolic OH excluding ortho intramolecular Hbond substituents is 1. The summed E-state index contributed by atoms with van der Waals surface area (Å²) in [4.78, 5) is 128. The Labute approximate surface area is 403 Å². The van der Waals surface area contributed by atoms with Crippen molar-refractivity contribution in [2.75, 3.05) is 13.1 Å². The molecule has 380 valence electrons. The van der Waals surface area contributed by atoms with Crippen LogP contribution in [0.2, 0.25) is 0 Å². The molecule has 0 bridgehead atoms. The highest BCUT2D eigenvalue weighted by Gasteiger charge is 2.41. The standard InChI is InChI=1S/C46H64N12O12/c1-3-24(2)38(44(68)58-19-7-11-35(58)45(69)70)57-43(67)34(22-37(61)62)56-40(64)31(16-17-36(48)60)53-42(66)33(21-26-23-52-30-10-5-4-8-28(26)30)55-41(65)32(20-25-12-14-27(59)15-13-25)54-39(63)29(47)9-6-18-51-46(49)50/h4-5,8,10,12-15,23-24,29,31-35,38,52,59H,3,6-7,9,11,16-22,47H2,1-2H3,(H2,48,60)(H,53,66)(H,54,63)(H,55,65)(H,56,64)(H,57,67)(H,61,62)(H,69,70)(H4,49,50,51)/t24-,29-,31-,32-,33-,34-,35-,38-/m0/s1. The first-order valence-corrected chi connectivity index (χ1v) is 22.9. The zero-order valence-corrected chi connectivity index (χ0v) is 39.0. The van der Waals surface area contributed by atoms with Gasteiger partial charge < -0.3 is 74.7 Å². The molecule has 17 N–H and O–H groups in total. The number of carbonyl (C=O) groups excluding carboxylic acids is 7. The summed E-state index contributed by atoms with van der Waals surface area (Å²) in [7, 11) is 0. The number of aliphatic imine (C=N–C) groups is 1. The third kappa shape index (κ3) is 16.2. The minimum Gasteiger partial charge on any atom is -0.508 e. The fraction of sp³-hybridized carbons (Fsp3) is 0.478. The first-order valence-electron chi connectivity index (χ1n) is 22.9. The van der Waals surface area contributed by atoms with E-state index in [1.165, 1.54) is 24.3 Å². The van der Waals surface area contributed by atoms with E-state index in [2.05, 4.69) is 36.6 Å². The van der Waals surface area contributed by atoms with Crippen molar-refractivity contribution >= 4 is 70.2 Å². The zero-order valence-electron chi connectivity index (χ0n) is 39.0. The second-order valence-electron chi connectivity index (χ2n) is 17.2. The van der Waals surface area contributed by atoms with Crippen molar-refractivity contribution in [3.05, 3.63) is 65.9 Å². The molecule has 0 radical (unpaired) electrons. The molecule has 2 aromatic carbocycles. The fourth-order valence-electron chi connectivity index (χ4n) is 7.89. The van der Waals surface area contributed by atoms with E-state index >= 15 is 0 Å². The van der Waals surface area contributed by atoms with Gasteiger partial charge in [-0.2, -0.15) is 0 Å². The van der Waals surface area contributed by atoms with Crippen LogP contribution in [0.25, 0.3) is 10.9 Å². The van der Waals surface area contributed by atoms with Crippen molar-refractivity contribution in [3.63, 3.8) is 0 Å². The quantitative estimate of drug-likeness (QED) is 0.0231. The molecule has 24 heteroatoms. The maximum absolute atomic E-state index is 14.5. The number of nitrogens with one attached hydrogen (secondary N) is 6. The lowest BCUT2D eigenvalue weighted by Crippen LogP contribution is -2.61. The van der Waals surface area contributed by atoms with E-state index in [0.717, 1.165) is 4.90 Å². The number of rotatable bonds is 27. The van der Waals surface area contributed by atoms with E-state index in [4.69, 9.17) is 22.9 Å². The number of nitrogens with zero attached hydrogens (tertiary/aromatic N) is 2. The number of guanidine groups is 1. The molecular formula is C46H64N12O12. The molecule has 0 spiro atoms. The van der Waals surface area contributed by atoms with Gasteiger partial charge in [-0.15, -0.1) is 0 Å². The van der Waals surface area contributed by atoms with Crippen LogP contribution in [0.15, 0.2) is 59.7 Å². The molecule has 24 nitrogen and oxygen atoms in total. The Morgan fingerprint density at radius 2 is 1.39 bits per heavy atom. The van der Waals surface area contributed by atoms with Crippen molar-refractivity contribution in [1.29, 1.82) is 0 Å². The summed E-state index contributed by atoms with van der Waals surface area (Å²) < 4.78 is 0. The predicted octanol–water partition coefficient (Wildman–Crippen LogP) is -1.67. The van der Waals surface area contributed by atoms with Gasteiger partial charge in [-0.25, -0.2) is 4.79 Å². The minimum atomic E-state index is -1.85. The average molecular weight is 977 g/mol. The van der Waals surface area contributed by atoms with Crippen molar-refractivity contribution in [3.8, 4) is 5.75 Å². The monoisotopic (exact) mass is 976 g/mol. The molecule has 1 aliphatic rings. The van der Waals surface area contributed by atoms with Crippen LogP contribution in [0.5, 0.6) is 5.75 Å². The van der Waals surface area contributed by atoms with Crippen LogP contribution in [0.3, 0.4) is 0 Å². The molecule has 1 saturated heterocycles. The second-order valence-corrected chi connectivity index (χ2v) is 17.2. The number of H-pyrrole nitrogens is 1. The Morgan fingerprint density at radius 3 is 2.01 bits per heavy atom. The van der Waals surface area contributed by atoms with Crippen LogP contribution in [0.1, 0.15) is 76.3 Å². The van der Waals surface area contributed by atoms with Crippen LogP contribution in [-0.2, 0) is 56.0 Å². The number of fused-ring (bicyclic) bond motifs is 1.